The van der Waals surface area contributed by atoms with Gasteiger partial charge in [0, 0.05) is 18.0 Å². The fraction of sp³-hybridized carbons (Fsp3) is 0.538. The summed E-state index contributed by atoms with van der Waals surface area (Å²) in [5.74, 6) is -1.65. The van der Waals surface area contributed by atoms with Gasteiger partial charge in [-0.05, 0) is 31.5 Å². The summed E-state index contributed by atoms with van der Waals surface area (Å²) < 4.78 is 63.9. The van der Waals surface area contributed by atoms with Crippen molar-refractivity contribution in [3.8, 4) is 0 Å². The molecule has 0 aliphatic heterocycles. The van der Waals surface area contributed by atoms with Crippen molar-refractivity contribution in [2.75, 3.05) is 6.54 Å². The first-order valence-corrected chi connectivity index (χ1v) is 6.09. The van der Waals surface area contributed by atoms with Crippen LogP contribution in [0.2, 0.25) is 0 Å². The Labute approximate surface area is 108 Å². The molecule has 1 atom stereocenters. The molecule has 0 aliphatic carbocycles. The fourth-order valence-electron chi connectivity index (χ4n) is 1.82. The number of alkyl halides is 3. The first-order chi connectivity index (χ1) is 8.85. The van der Waals surface area contributed by atoms with Gasteiger partial charge in [0.2, 0.25) is 0 Å². The van der Waals surface area contributed by atoms with Gasteiger partial charge in [-0.2, -0.15) is 13.2 Å². The topological polar surface area (TPSA) is 12.0 Å². The van der Waals surface area contributed by atoms with Gasteiger partial charge < -0.3 is 5.32 Å². The van der Waals surface area contributed by atoms with Gasteiger partial charge in [0.25, 0.3) is 0 Å². The molecule has 0 spiro atoms. The SMILES string of the molecule is CCCNC(CCC(F)(F)F)c1c(F)cccc1F. The molecule has 0 heterocycles. The average Bonchev–Trinajstić information content (AvgIpc) is 2.30. The van der Waals surface area contributed by atoms with E-state index in [-0.39, 0.29) is 12.0 Å². The van der Waals surface area contributed by atoms with Crippen LogP contribution in [0.5, 0.6) is 0 Å². The molecule has 19 heavy (non-hydrogen) atoms. The zero-order valence-electron chi connectivity index (χ0n) is 10.5. The van der Waals surface area contributed by atoms with E-state index in [1.165, 1.54) is 6.07 Å². The molecule has 1 unspecified atom stereocenters. The number of rotatable bonds is 6. The van der Waals surface area contributed by atoms with Crippen molar-refractivity contribution < 1.29 is 22.0 Å². The van der Waals surface area contributed by atoms with Gasteiger partial charge in [0.05, 0.1) is 0 Å². The average molecular weight is 281 g/mol. The molecule has 1 N–H and O–H groups in total. The van der Waals surface area contributed by atoms with Gasteiger partial charge in [-0.3, -0.25) is 0 Å². The van der Waals surface area contributed by atoms with E-state index in [1.54, 1.807) is 0 Å². The van der Waals surface area contributed by atoms with Crippen molar-refractivity contribution in [2.24, 2.45) is 0 Å². The van der Waals surface area contributed by atoms with Gasteiger partial charge in [0.1, 0.15) is 11.6 Å². The predicted octanol–water partition coefficient (Wildman–Crippen LogP) is 4.35. The highest BCUT2D eigenvalue weighted by molar-refractivity contribution is 5.23. The van der Waals surface area contributed by atoms with E-state index in [4.69, 9.17) is 0 Å². The van der Waals surface area contributed by atoms with Crippen LogP contribution in [0.3, 0.4) is 0 Å². The minimum atomic E-state index is -4.34. The standard InChI is InChI=1S/C13H16F5N/c1-2-8-19-11(6-7-13(16,17)18)12-9(14)4-3-5-10(12)15/h3-5,11,19H,2,6-8H2,1H3. The number of hydrogen-bond donors (Lipinski definition) is 1. The Hall–Kier alpha value is -1.17. The zero-order chi connectivity index (χ0) is 14.5. The summed E-state index contributed by atoms with van der Waals surface area (Å²) in [7, 11) is 0. The summed E-state index contributed by atoms with van der Waals surface area (Å²) in [4.78, 5) is 0. The van der Waals surface area contributed by atoms with Crippen LogP contribution in [0.4, 0.5) is 22.0 Å². The van der Waals surface area contributed by atoms with Crippen LogP contribution in [-0.2, 0) is 0 Å². The van der Waals surface area contributed by atoms with E-state index in [1.807, 2.05) is 6.92 Å². The summed E-state index contributed by atoms with van der Waals surface area (Å²) in [6.45, 7) is 2.22. The second kappa shape index (κ2) is 6.84. The van der Waals surface area contributed by atoms with E-state index in [0.717, 1.165) is 12.1 Å². The first kappa shape index (κ1) is 15.9. The number of hydrogen-bond acceptors (Lipinski definition) is 1. The molecule has 0 saturated heterocycles. The smallest absolute Gasteiger partial charge is 0.310 e. The third-order valence-electron chi connectivity index (χ3n) is 2.71. The molecule has 6 heteroatoms. The normalized spacial score (nSPS) is 13.6. The van der Waals surface area contributed by atoms with Crippen molar-refractivity contribution in [1.82, 2.24) is 5.32 Å². The van der Waals surface area contributed by atoms with E-state index in [9.17, 15) is 22.0 Å². The Morgan fingerprint density at radius 1 is 1.16 bits per heavy atom. The minimum Gasteiger partial charge on any atom is -0.310 e. The lowest BCUT2D eigenvalue weighted by molar-refractivity contribution is -0.136. The van der Waals surface area contributed by atoms with E-state index >= 15 is 0 Å². The summed E-state index contributed by atoms with van der Waals surface area (Å²) in [5, 5.41) is 2.76. The van der Waals surface area contributed by atoms with Gasteiger partial charge in [0.15, 0.2) is 0 Å². The molecule has 0 radical (unpaired) electrons. The minimum absolute atomic E-state index is 0.319. The van der Waals surface area contributed by atoms with E-state index in [0.29, 0.717) is 13.0 Å². The lowest BCUT2D eigenvalue weighted by Crippen LogP contribution is -2.26. The maximum absolute atomic E-state index is 13.6. The lowest BCUT2D eigenvalue weighted by Gasteiger charge is -2.20. The Kier molecular flexibility index (Phi) is 5.72. The number of nitrogens with one attached hydrogen (secondary N) is 1. The Bertz CT molecular complexity index is 382. The van der Waals surface area contributed by atoms with Crippen LogP contribution in [0.15, 0.2) is 18.2 Å². The van der Waals surface area contributed by atoms with Crippen LogP contribution >= 0.6 is 0 Å². The van der Waals surface area contributed by atoms with Crippen molar-refractivity contribution in [3.05, 3.63) is 35.4 Å². The Morgan fingerprint density at radius 3 is 2.21 bits per heavy atom. The molecule has 0 saturated carbocycles. The Morgan fingerprint density at radius 2 is 1.74 bits per heavy atom. The largest absolute Gasteiger partial charge is 0.389 e. The molecule has 1 aromatic carbocycles. The molecule has 0 aliphatic rings. The third-order valence-corrected chi connectivity index (χ3v) is 2.71. The van der Waals surface area contributed by atoms with Crippen LogP contribution in [0.1, 0.15) is 37.8 Å². The van der Waals surface area contributed by atoms with Crippen molar-refractivity contribution in [2.45, 2.75) is 38.4 Å². The highest BCUT2D eigenvalue weighted by Crippen LogP contribution is 2.30. The van der Waals surface area contributed by atoms with Gasteiger partial charge in [-0.25, -0.2) is 8.78 Å². The molecule has 0 bridgehead atoms. The summed E-state index contributed by atoms with van der Waals surface area (Å²) in [6.07, 6.45) is -5.14. The molecule has 108 valence electrons. The third kappa shape index (κ3) is 5.14. The monoisotopic (exact) mass is 281 g/mol. The lowest BCUT2D eigenvalue weighted by atomic mass is 10.0. The maximum Gasteiger partial charge on any atom is 0.389 e. The fourth-order valence-corrected chi connectivity index (χ4v) is 1.82. The van der Waals surface area contributed by atoms with Crippen LogP contribution in [-0.4, -0.2) is 12.7 Å². The van der Waals surface area contributed by atoms with Gasteiger partial charge in [-0.15, -0.1) is 0 Å². The molecule has 0 amide bonds. The molecule has 1 aromatic rings. The molecule has 0 fully saturated rings. The molecular weight excluding hydrogens is 265 g/mol. The first-order valence-electron chi connectivity index (χ1n) is 6.09. The maximum atomic E-state index is 13.6. The second-order valence-corrected chi connectivity index (χ2v) is 4.30. The summed E-state index contributed by atoms with van der Waals surface area (Å²) >= 11 is 0. The molecule has 1 rings (SSSR count). The molecular formula is C13H16F5N. The van der Waals surface area contributed by atoms with Crippen LogP contribution in [0, 0.1) is 11.6 Å². The van der Waals surface area contributed by atoms with Gasteiger partial charge in [-0.1, -0.05) is 13.0 Å². The highest BCUT2D eigenvalue weighted by atomic mass is 19.4. The Balaban J connectivity index is 2.89. The summed E-state index contributed by atoms with van der Waals surface area (Å²) in [5.41, 5.74) is -0.319. The number of benzene rings is 1. The van der Waals surface area contributed by atoms with Crippen molar-refractivity contribution >= 4 is 0 Å². The molecule has 1 nitrogen and oxygen atoms in total. The predicted molar refractivity (Wildman–Crippen MR) is 62.7 cm³/mol. The second-order valence-electron chi connectivity index (χ2n) is 4.30. The molecule has 0 aromatic heterocycles. The van der Waals surface area contributed by atoms with Crippen LogP contribution < -0.4 is 5.32 Å². The van der Waals surface area contributed by atoms with Crippen molar-refractivity contribution in [3.63, 3.8) is 0 Å². The zero-order valence-corrected chi connectivity index (χ0v) is 10.5. The highest BCUT2D eigenvalue weighted by Gasteiger charge is 2.30. The van der Waals surface area contributed by atoms with Crippen molar-refractivity contribution in [1.29, 1.82) is 0 Å². The summed E-state index contributed by atoms with van der Waals surface area (Å²) in [6, 6.07) is 2.32. The van der Waals surface area contributed by atoms with Gasteiger partial charge >= 0.3 is 6.18 Å². The quantitative estimate of drug-likeness (QED) is 0.764. The number of halogens is 5. The van der Waals surface area contributed by atoms with E-state index in [2.05, 4.69) is 5.32 Å². The van der Waals surface area contributed by atoms with Crippen LogP contribution in [0.25, 0.3) is 0 Å². The van der Waals surface area contributed by atoms with E-state index < -0.39 is 30.3 Å².